The van der Waals surface area contributed by atoms with Crippen LogP contribution in [0.4, 0.5) is 0 Å². The van der Waals surface area contributed by atoms with Crippen LogP contribution in [-0.2, 0) is 0 Å². The van der Waals surface area contributed by atoms with Crippen LogP contribution in [-0.4, -0.2) is 22.2 Å². The topological polar surface area (TPSA) is 74.6 Å². The molecule has 0 amide bonds. The largest absolute Gasteiger partial charge is 0.478 e. The standard InChI is InChI=1S/C26H38O4/c1-15-9-17(13-25(3,4)11-15)19-7-8-20(23(27)28)22(24(29)30)21(19)18-10-16(2)12-26(5,6)14-18/h7-8,15-18H,9-14H2,1-6H3,(H,27,28)(H,29,30)/t15-,16-,17+,18+/m1/s1. The molecule has 0 spiro atoms. The fraction of sp³-hybridized carbons (Fsp3) is 0.692. The number of carbonyl (C=O) groups is 2. The highest BCUT2D eigenvalue weighted by Crippen LogP contribution is 2.52. The minimum atomic E-state index is -1.15. The maximum Gasteiger partial charge on any atom is 0.336 e. The Hall–Kier alpha value is -1.84. The van der Waals surface area contributed by atoms with E-state index in [0.29, 0.717) is 11.8 Å². The Morgan fingerprint density at radius 2 is 1.30 bits per heavy atom. The Balaban J connectivity index is 2.21. The number of carboxylic acid groups (broad SMARTS) is 2. The molecule has 1 aromatic rings. The normalized spacial score (nSPS) is 30.6. The first kappa shape index (κ1) is 22.8. The van der Waals surface area contributed by atoms with E-state index in [-0.39, 0.29) is 33.8 Å². The molecular weight excluding hydrogens is 376 g/mol. The molecule has 2 aliphatic rings. The fourth-order valence-electron chi connectivity index (χ4n) is 6.99. The quantitative estimate of drug-likeness (QED) is 0.559. The van der Waals surface area contributed by atoms with E-state index in [1.54, 1.807) is 0 Å². The Morgan fingerprint density at radius 3 is 1.77 bits per heavy atom. The SMILES string of the molecule is C[C@@H]1C[C@H](c2ccc(C(=O)O)c(C(=O)O)c2[C@H]2C[C@@H](C)CC(C)(C)C2)CC(C)(C)C1. The zero-order chi connectivity index (χ0) is 22.4. The van der Waals surface area contributed by atoms with E-state index in [1.807, 2.05) is 6.07 Å². The van der Waals surface area contributed by atoms with Gasteiger partial charge in [-0.1, -0.05) is 47.6 Å². The molecule has 0 saturated heterocycles. The second-order valence-corrected chi connectivity index (χ2v) is 11.8. The fourth-order valence-corrected chi connectivity index (χ4v) is 6.99. The molecule has 0 heterocycles. The Labute approximate surface area is 181 Å². The van der Waals surface area contributed by atoms with Gasteiger partial charge in [0, 0.05) is 0 Å². The van der Waals surface area contributed by atoms with E-state index in [2.05, 4.69) is 41.5 Å². The lowest BCUT2D eigenvalue weighted by Gasteiger charge is -2.43. The van der Waals surface area contributed by atoms with Crippen LogP contribution in [0.1, 0.15) is 124 Å². The summed E-state index contributed by atoms with van der Waals surface area (Å²) in [4.78, 5) is 24.3. The molecule has 4 heteroatoms. The molecule has 0 aromatic heterocycles. The monoisotopic (exact) mass is 414 g/mol. The predicted molar refractivity (Wildman–Crippen MR) is 119 cm³/mol. The minimum Gasteiger partial charge on any atom is -0.478 e. The van der Waals surface area contributed by atoms with Crippen molar-refractivity contribution in [2.75, 3.05) is 0 Å². The Kier molecular flexibility index (Phi) is 6.10. The van der Waals surface area contributed by atoms with Gasteiger partial charge in [0.1, 0.15) is 0 Å². The van der Waals surface area contributed by atoms with Crippen LogP contribution in [0.15, 0.2) is 12.1 Å². The third-order valence-electron chi connectivity index (χ3n) is 7.35. The third kappa shape index (κ3) is 4.73. The predicted octanol–water partition coefficient (Wildman–Crippen LogP) is 6.94. The molecule has 2 aliphatic carbocycles. The minimum absolute atomic E-state index is 0.0333. The van der Waals surface area contributed by atoms with Gasteiger partial charge in [-0.15, -0.1) is 0 Å². The van der Waals surface area contributed by atoms with Gasteiger partial charge in [0.05, 0.1) is 11.1 Å². The van der Waals surface area contributed by atoms with Crippen LogP contribution < -0.4 is 0 Å². The molecule has 2 fully saturated rings. The van der Waals surface area contributed by atoms with Crippen LogP contribution in [0.2, 0.25) is 0 Å². The van der Waals surface area contributed by atoms with Crippen molar-refractivity contribution >= 4 is 11.9 Å². The van der Waals surface area contributed by atoms with Gasteiger partial charge in [-0.2, -0.15) is 0 Å². The summed E-state index contributed by atoms with van der Waals surface area (Å²) < 4.78 is 0. The summed E-state index contributed by atoms with van der Waals surface area (Å²) in [5, 5.41) is 19.9. The lowest BCUT2D eigenvalue weighted by molar-refractivity contribution is 0.0648. The zero-order valence-corrected chi connectivity index (χ0v) is 19.4. The van der Waals surface area contributed by atoms with Crippen molar-refractivity contribution in [1.29, 1.82) is 0 Å². The number of benzene rings is 1. The lowest BCUT2D eigenvalue weighted by Crippen LogP contribution is -2.31. The van der Waals surface area contributed by atoms with Gasteiger partial charge in [0.15, 0.2) is 0 Å². The average molecular weight is 415 g/mol. The van der Waals surface area contributed by atoms with Crippen LogP contribution in [0.3, 0.4) is 0 Å². The van der Waals surface area contributed by atoms with Crippen molar-refractivity contribution in [2.45, 2.75) is 91.9 Å². The summed E-state index contributed by atoms with van der Waals surface area (Å²) >= 11 is 0. The van der Waals surface area contributed by atoms with Crippen molar-refractivity contribution in [3.05, 3.63) is 34.4 Å². The number of rotatable bonds is 4. The molecule has 166 valence electrons. The summed E-state index contributed by atoms with van der Waals surface area (Å²) in [5.74, 6) is -0.835. The summed E-state index contributed by atoms with van der Waals surface area (Å²) in [5.41, 5.74) is 2.19. The van der Waals surface area contributed by atoms with E-state index in [4.69, 9.17) is 0 Å². The molecule has 2 saturated carbocycles. The van der Waals surface area contributed by atoms with Crippen LogP contribution in [0.25, 0.3) is 0 Å². The van der Waals surface area contributed by atoms with Crippen molar-refractivity contribution < 1.29 is 19.8 Å². The van der Waals surface area contributed by atoms with E-state index < -0.39 is 11.9 Å². The average Bonchev–Trinajstić information content (AvgIpc) is 2.56. The zero-order valence-electron chi connectivity index (χ0n) is 19.4. The highest BCUT2D eigenvalue weighted by molar-refractivity contribution is 6.03. The molecule has 30 heavy (non-hydrogen) atoms. The van der Waals surface area contributed by atoms with Crippen LogP contribution in [0, 0.1) is 22.7 Å². The van der Waals surface area contributed by atoms with Crippen molar-refractivity contribution in [1.82, 2.24) is 0 Å². The van der Waals surface area contributed by atoms with Crippen LogP contribution >= 0.6 is 0 Å². The Bertz CT molecular complexity index is 836. The Morgan fingerprint density at radius 1 is 0.800 bits per heavy atom. The maximum absolute atomic E-state index is 12.4. The first-order valence-corrected chi connectivity index (χ1v) is 11.4. The van der Waals surface area contributed by atoms with E-state index >= 15 is 0 Å². The summed E-state index contributed by atoms with van der Waals surface area (Å²) in [6.45, 7) is 13.6. The third-order valence-corrected chi connectivity index (χ3v) is 7.35. The second-order valence-electron chi connectivity index (χ2n) is 11.8. The molecule has 4 atom stereocenters. The van der Waals surface area contributed by atoms with Gasteiger partial charge >= 0.3 is 11.9 Å². The number of hydrogen-bond acceptors (Lipinski definition) is 2. The van der Waals surface area contributed by atoms with Crippen molar-refractivity contribution in [3.8, 4) is 0 Å². The van der Waals surface area contributed by atoms with Gasteiger partial charge in [-0.25, -0.2) is 9.59 Å². The first-order valence-electron chi connectivity index (χ1n) is 11.4. The smallest absolute Gasteiger partial charge is 0.336 e. The highest BCUT2D eigenvalue weighted by atomic mass is 16.4. The number of hydrogen-bond donors (Lipinski definition) is 2. The van der Waals surface area contributed by atoms with Crippen LogP contribution in [0.5, 0.6) is 0 Å². The van der Waals surface area contributed by atoms with E-state index in [0.717, 1.165) is 43.2 Å². The molecular formula is C26H38O4. The number of aromatic carboxylic acids is 2. The van der Waals surface area contributed by atoms with Gasteiger partial charge in [-0.3, -0.25) is 0 Å². The molecule has 0 bridgehead atoms. The molecule has 2 N–H and O–H groups in total. The van der Waals surface area contributed by atoms with E-state index in [1.165, 1.54) is 12.5 Å². The van der Waals surface area contributed by atoms with Crippen molar-refractivity contribution in [2.24, 2.45) is 22.7 Å². The molecule has 1 aromatic carbocycles. The highest BCUT2D eigenvalue weighted by Gasteiger charge is 2.40. The maximum atomic E-state index is 12.4. The lowest BCUT2D eigenvalue weighted by atomic mass is 9.61. The summed E-state index contributed by atoms with van der Waals surface area (Å²) in [6.07, 6.45) is 6.17. The van der Waals surface area contributed by atoms with Gasteiger partial charge in [0.2, 0.25) is 0 Å². The summed E-state index contributed by atoms with van der Waals surface area (Å²) in [7, 11) is 0. The molecule has 3 rings (SSSR count). The van der Waals surface area contributed by atoms with Crippen molar-refractivity contribution in [3.63, 3.8) is 0 Å². The number of carboxylic acids is 2. The van der Waals surface area contributed by atoms with E-state index in [9.17, 15) is 19.8 Å². The molecule has 0 radical (unpaired) electrons. The summed E-state index contributed by atoms with van der Waals surface area (Å²) in [6, 6.07) is 3.48. The van der Waals surface area contributed by atoms with Gasteiger partial charge in [-0.05, 0) is 90.2 Å². The molecule has 0 unspecified atom stereocenters. The van der Waals surface area contributed by atoms with Gasteiger partial charge < -0.3 is 10.2 Å². The second kappa shape index (κ2) is 8.01. The molecule has 4 nitrogen and oxygen atoms in total. The van der Waals surface area contributed by atoms with Gasteiger partial charge in [0.25, 0.3) is 0 Å². The first-order chi connectivity index (χ1) is 13.8. The molecule has 0 aliphatic heterocycles.